The lowest BCUT2D eigenvalue weighted by Gasteiger charge is -2.26. The van der Waals surface area contributed by atoms with Gasteiger partial charge in [-0.3, -0.25) is 4.79 Å². The van der Waals surface area contributed by atoms with Crippen molar-refractivity contribution in [2.75, 3.05) is 0 Å². The summed E-state index contributed by atoms with van der Waals surface area (Å²) in [6.45, 7) is 6.28. The van der Waals surface area contributed by atoms with E-state index in [2.05, 4.69) is 13.8 Å². The molecular formula is C20H30O3. The maximum Gasteiger partial charge on any atom is 0.306 e. The molecule has 0 atom stereocenters. The molecule has 1 aliphatic carbocycles. The van der Waals surface area contributed by atoms with E-state index in [9.17, 15) is 9.90 Å². The van der Waals surface area contributed by atoms with E-state index in [-0.39, 0.29) is 17.5 Å². The number of phenolic OH excluding ortho intramolecular Hbond substituents is 1. The first-order valence-electron chi connectivity index (χ1n) is 8.88. The number of rotatable bonds is 6. The second kappa shape index (κ2) is 7.85. The van der Waals surface area contributed by atoms with Crippen molar-refractivity contribution in [2.24, 2.45) is 0 Å². The van der Waals surface area contributed by atoms with Gasteiger partial charge in [0.05, 0.1) is 0 Å². The molecule has 0 aromatic heterocycles. The molecule has 0 heterocycles. The summed E-state index contributed by atoms with van der Waals surface area (Å²) in [7, 11) is 0. The summed E-state index contributed by atoms with van der Waals surface area (Å²) in [4.78, 5) is 12.0. The molecule has 0 radical (unpaired) electrons. The van der Waals surface area contributed by atoms with E-state index < -0.39 is 0 Å². The SMILES string of the molecule is Cc1cc(C(C)(C)CCCC(=O)OC2CCCCC2)ccc1O. The van der Waals surface area contributed by atoms with Gasteiger partial charge in [-0.1, -0.05) is 32.4 Å². The first-order chi connectivity index (χ1) is 10.9. The van der Waals surface area contributed by atoms with Crippen molar-refractivity contribution in [1.82, 2.24) is 0 Å². The molecular weight excluding hydrogens is 288 g/mol. The molecule has 128 valence electrons. The van der Waals surface area contributed by atoms with Gasteiger partial charge in [0.2, 0.25) is 0 Å². The molecule has 23 heavy (non-hydrogen) atoms. The highest BCUT2D eigenvalue weighted by Gasteiger charge is 2.22. The smallest absolute Gasteiger partial charge is 0.306 e. The number of esters is 1. The number of hydrogen-bond donors (Lipinski definition) is 1. The second-order valence-electron chi connectivity index (χ2n) is 7.49. The van der Waals surface area contributed by atoms with Gasteiger partial charge in [0.1, 0.15) is 11.9 Å². The molecule has 1 aromatic carbocycles. The Labute approximate surface area is 140 Å². The van der Waals surface area contributed by atoms with Crippen LogP contribution in [0.1, 0.15) is 76.3 Å². The fourth-order valence-electron chi connectivity index (χ4n) is 3.32. The van der Waals surface area contributed by atoms with Gasteiger partial charge >= 0.3 is 5.97 Å². The molecule has 0 aliphatic heterocycles. The van der Waals surface area contributed by atoms with Crippen molar-refractivity contribution in [3.8, 4) is 5.75 Å². The number of benzene rings is 1. The van der Waals surface area contributed by atoms with E-state index in [1.165, 1.54) is 24.8 Å². The van der Waals surface area contributed by atoms with Crippen LogP contribution in [0.2, 0.25) is 0 Å². The third kappa shape index (κ3) is 5.26. The quantitative estimate of drug-likeness (QED) is 0.749. The summed E-state index contributed by atoms with van der Waals surface area (Å²) in [6, 6.07) is 5.77. The number of aryl methyl sites for hydroxylation is 1. The Bertz CT molecular complexity index is 528. The van der Waals surface area contributed by atoms with Gasteiger partial charge in [-0.15, -0.1) is 0 Å². The topological polar surface area (TPSA) is 46.5 Å². The zero-order valence-electron chi connectivity index (χ0n) is 14.7. The lowest BCUT2D eigenvalue weighted by atomic mass is 9.79. The van der Waals surface area contributed by atoms with Crippen molar-refractivity contribution < 1.29 is 14.6 Å². The van der Waals surface area contributed by atoms with Gasteiger partial charge in [-0.05, 0) is 68.1 Å². The van der Waals surface area contributed by atoms with Gasteiger partial charge in [0.25, 0.3) is 0 Å². The third-order valence-electron chi connectivity index (χ3n) is 5.01. The van der Waals surface area contributed by atoms with Gasteiger partial charge in [-0.2, -0.15) is 0 Å². The molecule has 1 N–H and O–H groups in total. The van der Waals surface area contributed by atoms with Crippen molar-refractivity contribution in [3.63, 3.8) is 0 Å². The van der Waals surface area contributed by atoms with Crippen LogP contribution < -0.4 is 0 Å². The predicted molar refractivity (Wildman–Crippen MR) is 92.7 cm³/mol. The van der Waals surface area contributed by atoms with Crippen LogP contribution in [0.25, 0.3) is 0 Å². The Hall–Kier alpha value is -1.51. The molecule has 2 rings (SSSR count). The van der Waals surface area contributed by atoms with Gasteiger partial charge in [-0.25, -0.2) is 0 Å². The van der Waals surface area contributed by atoms with E-state index in [0.29, 0.717) is 12.2 Å². The molecule has 0 saturated heterocycles. The molecule has 0 bridgehead atoms. The van der Waals surface area contributed by atoms with Crippen molar-refractivity contribution in [1.29, 1.82) is 0 Å². The Kier molecular flexibility index (Phi) is 6.09. The molecule has 0 unspecified atom stereocenters. The van der Waals surface area contributed by atoms with Crippen LogP contribution in [-0.4, -0.2) is 17.2 Å². The Balaban J connectivity index is 1.79. The molecule has 3 heteroatoms. The predicted octanol–water partition coefficient (Wildman–Crippen LogP) is 5.02. The minimum Gasteiger partial charge on any atom is -0.508 e. The summed E-state index contributed by atoms with van der Waals surface area (Å²) in [5.41, 5.74) is 2.09. The number of aromatic hydroxyl groups is 1. The van der Waals surface area contributed by atoms with Crippen molar-refractivity contribution in [3.05, 3.63) is 29.3 Å². The van der Waals surface area contributed by atoms with Gasteiger partial charge in [0, 0.05) is 6.42 Å². The molecule has 1 aliphatic rings. The van der Waals surface area contributed by atoms with E-state index in [1.54, 1.807) is 6.07 Å². The normalized spacial score (nSPS) is 16.3. The largest absolute Gasteiger partial charge is 0.508 e. The Morgan fingerprint density at radius 3 is 2.61 bits per heavy atom. The lowest BCUT2D eigenvalue weighted by Crippen LogP contribution is -2.22. The van der Waals surface area contributed by atoms with Crippen LogP contribution in [-0.2, 0) is 14.9 Å². The van der Waals surface area contributed by atoms with Crippen molar-refractivity contribution in [2.45, 2.75) is 83.7 Å². The van der Waals surface area contributed by atoms with E-state index >= 15 is 0 Å². The Morgan fingerprint density at radius 2 is 1.96 bits per heavy atom. The minimum atomic E-state index is -0.0467. The highest BCUT2D eigenvalue weighted by Crippen LogP contribution is 2.32. The monoisotopic (exact) mass is 318 g/mol. The molecule has 3 nitrogen and oxygen atoms in total. The third-order valence-corrected chi connectivity index (χ3v) is 5.01. The summed E-state index contributed by atoms with van der Waals surface area (Å²) in [5.74, 6) is 0.287. The summed E-state index contributed by atoms with van der Waals surface area (Å²) < 4.78 is 5.57. The Morgan fingerprint density at radius 1 is 1.26 bits per heavy atom. The van der Waals surface area contributed by atoms with E-state index in [4.69, 9.17) is 4.74 Å². The fourth-order valence-corrected chi connectivity index (χ4v) is 3.32. The number of carbonyl (C=O) groups is 1. The highest BCUT2D eigenvalue weighted by molar-refractivity contribution is 5.69. The van der Waals surface area contributed by atoms with Crippen LogP contribution >= 0.6 is 0 Å². The zero-order valence-corrected chi connectivity index (χ0v) is 14.7. The second-order valence-corrected chi connectivity index (χ2v) is 7.49. The maximum absolute atomic E-state index is 12.0. The average molecular weight is 318 g/mol. The number of phenols is 1. The number of hydrogen-bond acceptors (Lipinski definition) is 3. The zero-order chi connectivity index (χ0) is 16.9. The summed E-state index contributed by atoms with van der Waals surface area (Å²) in [5, 5.41) is 9.65. The average Bonchev–Trinajstić information content (AvgIpc) is 2.50. The molecule has 0 spiro atoms. The number of carbonyl (C=O) groups excluding carboxylic acids is 1. The first-order valence-corrected chi connectivity index (χ1v) is 8.88. The summed E-state index contributed by atoms with van der Waals surface area (Å²) in [6.07, 6.45) is 8.12. The highest BCUT2D eigenvalue weighted by atomic mass is 16.5. The van der Waals surface area contributed by atoms with Crippen LogP contribution in [0.3, 0.4) is 0 Å². The molecule has 1 fully saturated rings. The van der Waals surface area contributed by atoms with Crippen LogP contribution in [0.15, 0.2) is 18.2 Å². The molecule has 1 saturated carbocycles. The fraction of sp³-hybridized carbons (Fsp3) is 0.650. The van der Waals surface area contributed by atoms with E-state index in [0.717, 1.165) is 31.2 Å². The molecule has 0 amide bonds. The van der Waals surface area contributed by atoms with Crippen molar-refractivity contribution >= 4 is 5.97 Å². The number of ether oxygens (including phenoxy) is 1. The lowest BCUT2D eigenvalue weighted by molar-refractivity contribution is -0.150. The standard InChI is InChI=1S/C20H30O3/c1-15-14-16(11-12-18(15)21)20(2,3)13-7-10-19(22)23-17-8-5-4-6-9-17/h11-12,14,17,21H,4-10,13H2,1-3H3. The maximum atomic E-state index is 12.0. The van der Waals surface area contributed by atoms with Gasteiger partial charge < -0.3 is 9.84 Å². The van der Waals surface area contributed by atoms with Crippen LogP contribution in [0.5, 0.6) is 5.75 Å². The minimum absolute atomic E-state index is 0.0103. The molecule has 1 aromatic rings. The first kappa shape index (κ1) is 17.8. The van der Waals surface area contributed by atoms with Crippen LogP contribution in [0.4, 0.5) is 0 Å². The summed E-state index contributed by atoms with van der Waals surface area (Å²) >= 11 is 0. The van der Waals surface area contributed by atoms with E-state index in [1.807, 2.05) is 19.1 Å². The van der Waals surface area contributed by atoms with Crippen LogP contribution in [0, 0.1) is 6.92 Å². The van der Waals surface area contributed by atoms with Gasteiger partial charge in [0.15, 0.2) is 0 Å².